The third kappa shape index (κ3) is 5.02. The molecule has 1 heteroatoms. The Morgan fingerprint density at radius 1 is 0.255 bits per heavy atom. The summed E-state index contributed by atoms with van der Waals surface area (Å²) in [6.45, 7) is 0. The maximum absolute atomic E-state index is 2.38. The zero-order chi connectivity index (χ0) is 33.7. The smallest absolute Gasteiger partial charge is 0.0468 e. The maximum Gasteiger partial charge on any atom is 0.0468 e. The van der Waals surface area contributed by atoms with Crippen molar-refractivity contribution in [2.75, 3.05) is 4.90 Å². The van der Waals surface area contributed by atoms with Crippen LogP contribution in [0.15, 0.2) is 200 Å². The zero-order valence-corrected chi connectivity index (χ0v) is 28.0. The molecule has 0 spiro atoms. The van der Waals surface area contributed by atoms with E-state index in [-0.39, 0.29) is 0 Å². The Hall–Kier alpha value is -6.70. The monoisotopic (exact) mass is 647 g/mol. The first kappa shape index (κ1) is 29.2. The summed E-state index contributed by atoms with van der Waals surface area (Å²) in [5, 5.41) is 12.7. The van der Waals surface area contributed by atoms with Gasteiger partial charge >= 0.3 is 0 Å². The van der Waals surface area contributed by atoms with Crippen LogP contribution in [0.5, 0.6) is 0 Å². The van der Waals surface area contributed by atoms with Gasteiger partial charge < -0.3 is 4.90 Å². The van der Waals surface area contributed by atoms with E-state index in [1.54, 1.807) is 0 Å². The molecule has 0 unspecified atom stereocenters. The standard InChI is InChI=1S/C50H33N/c1-2-10-34(11-3-1)39-15-8-16-42(32-39)51(43-28-31-46-40(33-43)21-20-35-12-4-6-17-44(35)46)41-26-22-37(23-27-41)47-19-9-14-38-25-29-48-45-18-7-5-13-36(45)24-30-49(48)50(38)47/h1-33H. The van der Waals surface area contributed by atoms with Crippen LogP contribution in [0.25, 0.3) is 76.1 Å². The lowest BCUT2D eigenvalue weighted by Gasteiger charge is -2.27. The molecule has 0 amide bonds. The first-order valence-electron chi connectivity index (χ1n) is 17.6. The Morgan fingerprint density at radius 3 is 1.63 bits per heavy atom. The molecule has 0 aliphatic heterocycles. The van der Waals surface area contributed by atoms with Crippen molar-refractivity contribution in [1.29, 1.82) is 0 Å². The summed E-state index contributed by atoms with van der Waals surface area (Å²) in [6.07, 6.45) is 0. The second-order valence-electron chi connectivity index (χ2n) is 13.3. The van der Waals surface area contributed by atoms with Crippen LogP contribution < -0.4 is 4.90 Å². The van der Waals surface area contributed by atoms with E-state index in [1.165, 1.54) is 76.1 Å². The number of benzene rings is 10. The molecule has 238 valence electrons. The maximum atomic E-state index is 2.38. The van der Waals surface area contributed by atoms with Gasteiger partial charge in [0.25, 0.3) is 0 Å². The molecule has 0 saturated carbocycles. The zero-order valence-electron chi connectivity index (χ0n) is 28.0. The molecule has 0 radical (unpaired) electrons. The summed E-state index contributed by atoms with van der Waals surface area (Å²) in [4.78, 5) is 2.38. The van der Waals surface area contributed by atoms with Crippen LogP contribution in [-0.4, -0.2) is 0 Å². The van der Waals surface area contributed by atoms with Crippen molar-refractivity contribution < 1.29 is 0 Å². The van der Waals surface area contributed by atoms with Crippen LogP contribution >= 0.6 is 0 Å². The van der Waals surface area contributed by atoms with E-state index < -0.39 is 0 Å². The number of hydrogen-bond acceptors (Lipinski definition) is 1. The van der Waals surface area contributed by atoms with Gasteiger partial charge in [-0.25, -0.2) is 0 Å². The van der Waals surface area contributed by atoms with Crippen molar-refractivity contribution in [3.63, 3.8) is 0 Å². The molecule has 0 aromatic heterocycles. The van der Waals surface area contributed by atoms with Crippen molar-refractivity contribution in [2.45, 2.75) is 0 Å². The molecule has 0 aliphatic carbocycles. The van der Waals surface area contributed by atoms with Gasteiger partial charge in [-0.3, -0.25) is 0 Å². The molecule has 0 aliphatic rings. The lowest BCUT2D eigenvalue weighted by molar-refractivity contribution is 1.29. The fourth-order valence-electron chi connectivity index (χ4n) is 7.95. The summed E-state index contributed by atoms with van der Waals surface area (Å²) in [7, 11) is 0. The average Bonchev–Trinajstić information content (AvgIpc) is 3.21. The number of anilines is 3. The number of hydrogen-bond donors (Lipinski definition) is 0. The van der Waals surface area contributed by atoms with Crippen LogP contribution in [0, 0.1) is 0 Å². The first-order valence-corrected chi connectivity index (χ1v) is 17.6. The van der Waals surface area contributed by atoms with E-state index in [0.29, 0.717) is 0 Å². The normalized spacial score (nSPS) is 11.5. The van der Waals surface area contributed by atoms with Gasteiger partial charge in [0.15, 0.2) is 0 Å². The fraction of sp³-hybridized carbons (Fsp3) is 0. The van der Waals surface area contributed by atoms with Crippen molar-refractivity contribution in [3.8, 4) is 22.3 Å². The van der Waals surface area contributed by atoms with E-state index in [2.05, 4.69) is 205 Å². The van der Waals surface area contributed by atoms with Gasteiger partial charge in [0.1, 0.15) is 0 Å². The van der Waals surface area contributed by atoms with Crippen molar-refractivity contribution in [3.05, 3.63) is 200 Å². The molecule has 1 nitrogen and oxygen atoms in total. The Kier molecular flexibility index (Phi) is 6.89. The molecule has 51 heavy (non-hydrogen) atoms. The van der Waals surface area contributed by atoms with Crippen LogP contribution in [0.4, 0.5) is 17.1 Å². The lowest BCUT2D eigenvalue weighted by Crippen LogP contribution is -2.10. The highest BCUT2D eigenvalue weighted by Gasteiger charge is 2.16. The Morgan fingerprint density at radius 2 is 0.804 bits per heavy atom. The highest BCUT2D eigenvalue weighted by atomic mass is 15.1. The minimum atomic E-state index is 1.11. The lowest BCUT2D eigenvalue weighted by atomic mass is 9.91. The molecule has 0 saturated heterocycles. The van der Waals surface area contributed by atoms with Gasteiger partial charge in [-0.1, -0.05) is 164 Å². The summed E-state index contributed by atoms with van der Waals surface area (Å²) < 4.78 is 0. The molecule has 0 bridgehead atoms. The molecule has 10 aromatic carbocycles. The minimum Gasteiger partial charge on any atom is -0.310 e. The van der Waals surface area contributed by atoms with Gasteiger partial charge in [-0.2, -0.15) is 0 Å². The van der Waals surface area contributed by atoms with Crippen molar-refractivity contribution in [2.24, 2.45) is 0 Å². The summed E-state index contributed by atoms with van der Waals surface area (Å²) in [5.74, 6) is 0. The van der Waals surface area contributed by atoms with Gasteiger partial charge in [-0.05, 0) is 113 Å². The third-order valence-electron chi connectivity index (χ3n) is 10.4. The predicted octanol–water partition coefficient (Wildman–Crippen LogP) is 14.3. The van der Waals surface area contributed by atoms with Crippen molar-refractivity contribution >= 4 is 70.9 Å². The van der Waals surface area contributed by atoms with E-state index >= 15 is 0 Å². The number of rotatable bonds is 5. The van der Waals surface area contributed by atoms with Crippen LogP contribution in [0.1, 0.15) is 0 Å². The molecule has 0 atom stereocenters. The average molecular weight is 648 g/mol. The molecule has 0 N–H and O–H groups in total. The predicted molar refractivity (Wildman–Crippen MR) is 220 cm³/mol. The molecule has 0 fully saturated rings. The Balaban J connectivity index is 1.13. The molecular formula is C50H33N. The highest BCUT2D eigenvalue weighted by molar-refractivity contribution is 6.21. The fourth-order valence-corrected chi connectivity index (χ4v) is 7.95. The minimum absolute atomic E-state index is 1.11. The van der Waals surface area contributed by atoms with Crippen molar-refractivity contribution in [1.82, 2.24) is 0 Å². The van der Waals surface area contributed by atoms with Crippen LogP contribution in [0.3, 0.4) is 0 Å². The number of fused-ring (bicyclic) bond motifs is 8. The molecule has 10 rings (SSSR count). The Labute approximate surface area is 297 Å². The van der Waals surface area contributed by atoms with Crippen LogP contribution in [-0.2, 0) is 0 Å². The van der Waals surface area contributed by atoms with Gasteiger partial charge in [0.05, 0.1) is 0 Å². The van der Waals surface area contributed by atoms with E-state index in [0.717, 1.165) is 17.1 Å². The SMILES string of the molecule is c1ccc(-c2cccc(N(c3ccc(-c4cccc5ccc6c7ccccc7ccc6c45)cc3)c3ccc4c(ccc5ccccc54)c3)c2)cc1. The quantitative estimate of drug-likeness (QED) is 0.168. The molecule has 0 heterocycles. The summed E-state index contributed by atoms with van der Waals surface area (Å²) in [6, 6.07) is 73.0. The molecular weight excluding hydrogens is 615 g/mol. The second-order valence-corrected chi connectivity index (χ2v) is 13.3. The van der Waals surface area contributed by atoms with E-state index in [1.807, 2.05) is 0 Å². The van der Waals surface area contributed by atoms with E-state index in [4.69, 9.17) is 0 Å². The highest BCUT2D eigenvalue weighted by Crippen LogP contribution is 2.41. The topological polar surface area (TPSA) is 3.24 Å². The molecule has 10 aromatic rings. The van der Waals surface area contributed by atoms with Gasteiger partial charge in [0.2, 0.25) is 0 Å². The van der Waals surface area contributed by atoms with Crippen LogP contribution in [0.2, 0.25) is 0 Å². The summed E-state index contributed by atoms with van der Waals surface area (Å²) in [5.41, 5.74) is 8.20. The van der Waals surface area contributed by atoms with E-state index in [9.17, 15) is 0 Å². The van der Waals surface area contributed by atoms with Gasteiger partial charge in [0, 0.05) is 17.1 Å². The first-order chi connectivity index (χ1) is 25.3. The largest absolute Gasteiger partial charge is 0.310 e. The third-order valence-corrected chi connectivity index (χ3v) is 10.4. The number of nitrogens with zero attached hydrogens (tertiary/aromatic N) is 1. The summed E-state index contributed by atoms with van der Waals surface area (Å²) >= 11 is 0. The Bertz CT molecular complexity index is 2900. The van der Waals surface area contributed by atoms with Gasteiger partial charge in [-0.15, -0.1) is 0 Å². The second kappa shape index (κ2) is 12.0.